The zero-order valence-electron chi connectivity index (χ0n) is 12.1. The Labute approximate surface area is 134 Å². The summed E-state index contributed by atoms with van der Waals surface area (Å²) >= 11 is 0. The smallest absolute Gasteiger partial charge is 0.335 e. The summed E-state index contributed by atoms with van der Waals surface area (Å²) in [7, 11) is 0. The molecule has 0 atom stereocenters. The van der Waals surface area contributed by atoms with Gasteiger partial charge in [0.25, 0.3) is 5.69 Å². The van der Waals surface area contributed by atoms with E-state index in [1.807, 2.05) is 4.57 Å². The van der Waals surface area contributed by atoms with Crippen LogP contribution in [0.4, 0.5) is 5.69 Å². The van der Waals surface area contributed by atoms with E-state index < -0.39 is 10.9 Å². The Kier molecular flexibility index (Phi) is 2.86. The SMILES string of the molecule is O=C(O)c1ccc2c3[nH]ncc3n(-c3ccc([N+](=O)[O-])cc3)c2c1. The molecule has 0 bridgehead atoms. The van der Waals surface area contributed by atoms with Crippen LogP contribution < -0.4 is 0 Å². The van der Waals surface area contributed by atoms with Gasteiger partial charge >= 0.3 is 5.97 Å². The van der Waals surface area contributed by atoms with E-state index in [0.717, 1.165) is 16.4 Å². The number of H-pyrrole nitrogens is 1. The van der Waals surface area contributed by atoms with Gasteiger partial charge in [-0.05, 0) is 30.3 Å². The minimum Gasteiger partial charge on any atom is -0.478 e. The number of fused-ring (bicyclic) bond motifs is 3. The highest BCUT2D eigenvalue weighted by atomic mass is 16.6. The van der Waals surface area contributed by atoms with Crippen molar-refractivity contribution in [1.29, 1.82) is 0 Å². The molecular weight excluding hydrogens is 312 g/mol. The van der Waals surface area contributed by atoms with E-state index in [9.17, 15) is 20.0 Å². The van der Waals surface area contributed by atoms with Crippen molar-refractivity contribution >= 4 is 33.6 Å². The van der Waals surface area contributed by atoms with Crippen molar-refractivity contribution in [2.24, 2.45) is 0 Å². The number of carbonyl (C=O) groups is 1. The molecule has 24 heavy (non-hydrogen) atoms. The van der Waals surface area contributed by atoms with Crippen LogP contribution in [-0.4, -0.2) is 30.8 Å². The summed E-state index contributed by atoms with van der Waals surface area (Å²) in [4.78, 5) is 21.6. The van der Waals surface area contributed by atoms with E-state index in [4.69, 9.17) is 0 Å². The van der Waals surface area contributed by atoms with Crippen LogP contribution in [0, 0.1) is 10.1 Å². The van der Waals surface area contributed by atoms with Crippen LogP contribution in [0.1, 0.15) is 10.4 Å². The Morgan fingerprint density at radius 2 is 1.92 bits per heavy atom. The maximum absolute atomic E-state index is 11.3. The third-order valence-corrected chi connectivity index (χ3v) is 3.93. The molecule has 0 saturated heterocycles. The van der Waals surface area contributed by atoms with E-state index >= 15 is 0 Å². The van der Waals surface area contributed by atoms with Crippen LogP contribution in [0.25, 0.3) is 27.6 Å². The monoisotopic (exact) mass is 322 g/mol. The molecule has 2 N–H and O–H groups in total. The zero-order valence-corrected chi connectivity index (χ0v) is 12.1. The summed E-state index contributed by atoms with van der Waals surface area (Å²) in [6.45, 7) is 0. The normalized spacial score (nSPS) is 11.2. The van der Waals surface area contributed by atoms with E-state index in [0.29, 0.717) is 11.2 Å². The van der Waals surface area contributed by atoms with Gasteiger partial charge in [-0.1, -0.05) is 0 Å². The van der Waals surface area contributed by atoms with Gasteiger partial charge in [0, 0.05) is 23.2 Å². The highest BCUT2D eigenvalue weighted by Gasteiger charge is 2.16. The highest BCUT2D eigenvalue weighted by molar-refractivity contribution is 6.08. The Hall–Kier alpha value is -3.68. The van der Waals surface area contributed by atoms with E-state index in [2.05, 4.69) is 10.2 Å². The van der Waals surface area contributed by atoms with Gasteiger partial charge in [-0.2, -0.15) is 5.10 Å². The number of carboxylic acid groups (broad SMARTS) is 1. The second-order valence-corrected chi connectivity index (χ2v) is 5.28. The number of nitro groups is 1. The third-order valence-electron chi connectivity index (χ3n) is 3.93. The molecule has 0 amide bonds. The Morgan fingerprint density at radius 1 is 1.17 bits per heavy atom. The molecule has 4 rings (SSSR count). The van der Waals surface area contributed by atoms with Crippen LogP contribution in [0.15, 0.2) is 48.7 Å². The molecule has 0 radical (unpaired) electrons. The number of nitrogens with one attached hydrogen (secondary N) is 1. The number of nitrogens with zero attached hydrogens (tertiary/aromatic N) is 3. The van der Waals surface area contributed by atoms with Crippen molar-refractivity contribution in [1.82, 2.24) is 14.8 Å². The molecule has 0 fully saturated rings. The number of aromatic carboxylic acids is 1. The predicted molar refractivity (Wildman–Crippen MR) is 86.5 cm³/mol. The second kappa shape index (κ2) is 4.92. The molecule has 0 spiro atoms. The number of rotatable bonds is 3. The van der Waals surface area contributed by atoms with Crippen molar-refractivity contribution in [3.63, 3.8) is 0 Å². The molecule has 0 unspecified atom stereocenters. The summed E-state index contributed by atoms with van der Waals surface area (Å²) in [5, 5.41) is 27.8. The number of aromatic nitrogens is 3. The molecular formula is C16H10N4O4. The first kappa shape index (κ1) is 13.9. The number of benzene rings is 2. The van der Waals surface area contributed by atoms with Crippen LogP contribution in [0.3, 0.4) is 0 Å². The summed E-state index contributed by atoms with van der Waals surface area (Å²) in [5.41, 5.74) is 3.07. The van der Waals surface area contributed by atoms with Crippen molar-refractivity contribution in [3.8, 4) is 5.69 Å². The first-order valence-electron chi connectivity index (χ1n) is 7.02. The molecule has 0 aliphatic rings. The van der Waals surface area contributed by atoms with Crippen molar-refractivity contribution < 1.29 is 14.8 Å². The Balaban J connectivity index is 2.03. The summed E-state index contributed by atoms with van der Waals surface area (Å²) in [6.07, 6.45) is 1.64. The Bertz CT molecular complexity index is 1110. The van der Waals surface area contributed by atoms with Crippen LogP contribution in [0.5, 0.6) is 0 Å². The van der Waals surface area contributed by atoms with Gasteiger partial charge < -0.3 is 9.67 Å². The number of non-ortho nitro benzene ring substituents is 1. The number of carboxylic acids is 1. The topological polar surface area (TPSA) is 114 Å². The van der Waals surface area contributed by atoms with Gasteiger partial charge in [-0.15, -0.1) is 0 Å². The lowest BCUT2D eigenvalue weighted by molar-refractivity contribution is -0.384. The number of hydrogen-bond acceptors (Lipinski definition) is 4. The predicted octanol–water partition coefficient (Wildman–Crippen LogP) is 3.11. The first-order chi connectivity index (χ1) is 11.6. The van der Waals surface area contributed by atoms with E-state index in [-0.39, 0.29) is 11.3 Å². The molecule has 0 aliphatic carbocycles. The first-order valence-corrected chi connectivity index (χ1v) is 7.02. The molecule has 118 valence electrons. The fourth-order valence-corrected chi connectivity index (χ4v) is 2.84. The minimum absolute atomic E-state index is 0.00938. The lowest BCUT2D eigenvalue weighted by Crippen LogP contribution is -1.98. The van der Waals surface area contributed by atoms with Gasteiger partial charge in [0.15, 0.2) is 0 Å². The molecule has 4 aromatic rings. The maximum atomic E-state index is 11.3. The van der Waals surface area contributed by atoms with Gasteiger partial charge in [-0.25, -0.2) is 4.79 Å². The highest BCUT2D eigenvalue weighted by Crippen LogP contribution is 2.31. The second-order valence-electron chi connectivity index (χ2n) is 5.28. The molecule has 2 heterocycles. The summed E-state index contributed by atoms with van der Waals surface area (Å²) in [5.74, 6) is -1.02. The average molecular weight is 322 g/mol. The zero-order chi connectivity index (χ0) is 16.8. The number of hydrogen-bond donors (Lipinski definition) is 2. The summed E-state index contributed by atoms with van der Waals surface area (Å²) < 4.78 is 1.82. The largest absolute Gasteiger partial charge is 0.478 e. The van der Waals surface area contributed by atoms with Crippen molar-refractivity contribution in [2.75, 3.05) is 0 Å². The standard InChI is InChI=1S/C16H10N4O4/c21-16(22)9-1-6-12-13(7-9)19(14-8-17-18-15(12)14)10-2-4-11(5-3-10)20(23)24/h1-8H,(H,17,18)(H,21,22). The molecule has 8 nitrogen and oxygen atoms in total. The lowest BCUT2D eigenvalue weighted by atomic mass is 10.1. The average Bonchev–Trinajstić information content (AvgIpc) is 3.14. The van der Waals surface area contributed by atoms with Crippen molar-refractivity contribution in [3.05, 3.63) is 64.3 Å². The molecule has 8 heteroatoms. The Morgan fingerprint density at radius 3 is 2.58 bits per heavy atom. The fourth-order valence-electron chi connectivity index (χ4n) is 2.84. The minimum atomic E-state index is -1.02. The van der Waals surface area contributed by atoms with Gasteiger partial charge in [0.2, 0.25) is 0 Å². The number of aromatic amines is 1. The van der Waals surface area contributed by atoms with E-state index in [1.54, 1.807) is 30.5 Å². The van der Waals surface area contributed by atoms with Gasteiger partial charge in [0.1, 0.15) is 0 Å². The third kappa shape index (κ3) is 1.93. The molecule has 0 saturated carbocycles. The maximum Gasteiger partial charge on any atom is 0.335 e. The van der Waals surface area contributed by atoms with E-state index in [1.165, 1.54) is 18.2 Å². The fraction of sp³-hybridized carbons (Fsp3) is 0. The molecule has 0 aliphatic heterocycles. The van der Waals surface area contributed by atoms with Crippen molar-refractivity contribution in [2.45, 2.75) is 0 Å². The summed E-state index contributed by atoms with van der Waals surface area (Å²) in [6, 6.07) is 10.9. The number of nitro benzene ring substituents is 1. The van der Waals surface area contributed by atoms with Gasteiger partial charge in [-0.3, -0.25) is 15.2 Å². The van der Waals surface area contributed by atoms with Crippen LogP contribution >= 0.6 is 0 Å². The molecule has 2 aromatic carbocycles. The van der Waals surface area contributed by atoms with Crippen LogP contribution in [0.2, 0.25) is 0 Å². The lowest BCUT2D eigenvalue weighted by Gasteiger charge is -2.07. The van der Waals surface area contributed by atoms with Gasteiger partial charge in [0.05, 0.1) is 33.2 Å². The van der Waals surface area contributed by atoms with Crippen LogP contribution in [-0.2, 0) is 0 Å². The molecule has 2 aromatic heterocycles. The quantitative estimate of drug-likeness (QED) is 0.444.